The molecule has 2 aromatic heterocycles. The number of hydrogen-bond donors (Lipinski definition) is 1. The van der Waals surface area contributed by atoms with Crippen molar-refractivity contribution >= 4 is 36.0 Å². The van der Waals surface area contributed by atoms with E-state index in [0.717, 1.165) is 10.9 Å². The Morgan fingerprint density at radius 3 is 2.54 bits per heavy atom. The van der Waals surface area contributed by atoms with E-state index < -0.39 is 18.3 Å². The molecule has 1 amide bonds. The van der Waals surface area contributed by atoms with Crippen LogP contribution in [0.2, 0.25) is 25.7 Å². The largest absolute Gasteiger partial charge is 0.361 e. The first-order chi connectivity index (χ1) is 17.5. The number of benzene rings is 1. The molecule has 3 rings (SSSR count). The molecule has 37 heavy (non-hydrogen) atoms. The minimum atomic E-state index is -3.77. The van der Waals surface area contributed by atoms with Gasteiger partial charge in [-0.3, -0.25) is 4.79 Å². The minimum Gasteiger partial charge on any atom is -0.361 e. The topological polar surface area (TPSA) is 98.5 Å². The molecule has 12 heteroatoms. The van der Waals surface area contributed by atoms with E-state index in [0.29, 0.717) is 49.3 Å². The molecular formula is C25H37N5O4S2Si. The molecule has 0 aliphatic carbocycles. The Hall–Kier alpha value is -2.38. The van der Waals surface area contributed by atoms with Crippen LogP contribution in [0.15, 0.2) is 64.9 Å². The van der Waals surface area contributed by atoms with Crippen LogP contribution in [0, 0.1) is 0 Å². The predicted molar refractivity (Wildman–Crippen MR) is 150 cm³/mol. The minimum absolute atomic E-state index is 0.187. The Balaban J connectivity index is 1.59. The monoisotopic (exact) mass is 563 g/mol. The third kappa shape index (κ3) is 8.30. The second-order valence-electron chi connectivity index (χ2n) is 10.1. The number of nitrogens with zero attached hydrogens (tertiary/aromatic N) is 4. The summed E-state index contributed by atoms with van der Waals surface area (Å²) in [6.45, 7) is 8.33. The number of aromatic nitrogens is 3. The maximum atomic E-state index is 13.1. The molecule has 3 aromatic rings. The number of ether oxygens (including phenoxy) is 1. The highest BCUT2D eigenvalue weighted by atomic mass is 32.2. The highest BCUT2D eigenvalue weighted by Gasteiger charge is 2.25. The van der Waals surface area contributed by atoms with Gasteiger partial charge in [-0.2, -0.15) is 12.7 Å². The fourth-order valence-corrected chi connectivity index (χ4v) is 6.40. The second kappa shape index (κ2) is 12.9. The average Bonchev–Trinajstić information content (AvgIpc) is 3.47. The van der Waals surface area contributed by atoms with Gasteiger partial charge in [0, 0.05) is 46.4 Å². The van der Waals surface area contributed by atoms with Crippen LogP contribution < -0.4 is 5.32 Å². The quantitative estimate of drug-likeness (QED) is 0.234. The Bertz CT molecular complexity index is 1270. The second-order valence-corrected chi connectivity index (χ2v) is 18.7. The van der Waals surface area contributed by atoms with Gasteiger partial charge in [0.15, 0.2) is 5.16 Å². The van der Waals surface area contributed by atoms with Crippen molar-refractivity contribution in [1.29, 1.82) is 0 Å². The Kier molecular flexibility index (Phi) is 10.2. The van der Waals surface area contributed by atoms with Crippen LogP contribution in [-0.4, -0.2) is 67.5 Å². The number of nitrogens with one attached hydrogen (secondary N) is 1. The van der Waals surface area contributed by atoms with Gasteiger partial charge in [0.25, 0.3) is 5.91 Å². The Morgan fingerprint density at radius 2 is 1.86 bits per heavy atom. The molecule has 0 saturated heterocycles. The summed E-state index contributed by atoms with van der Waals surface area (Å²) in [6.07, 6.45) is 4.43. The smallest absolute Gasteiger partial charge is 0.309 e. The molecule has 0 radical (unpaired) electrons. The van der Waals surface area contributed by atoms with E-state index in [1.807, 2.05) is 42.6 Å². The molecule has 0 saturated carbocycles. The fraction of sp³-hybridized carbons (Fsp3) is 0.440. The zero-order valence-corrected chi connectivity index (χ0v) is 24.8. The van der Waals surface area contributed by atoms with E-state index in [9.17, 15) is 13.2 Å². The fourth-order valence-electron chi connectivity index (χ4n) is 3.43. The molecule has 0 bridgehead atoms. The van der Waals surface area contributed by atoms with E-state index in [1.54, 1.807) is 16.8 Å². The van der Waals surface area contributed by atoms with Gasteiger partial charge in [0.1, 0.15) is 12.4 Å². The van der Waals surface area contributed by atoms with Crippen LogP contribution in [0.5, 0.6) is 0 Å². The van der Waals surface area contributed by atoms with Crippen LogP contribution in [0.3, 0.4) is 0 Å². The number of carbonyl (C=O) groups excluding carboxylic acids is 1. The lowest BCUT2D eigenvalue weighted by atomic mass is 10.2. The van der Waals surface area contributed by atoms with Crippen LogP contribution in [0.4, 0.5) is 0 Å². The molecule has 0 unspecified atom stereocenters. The zero-order valence-electron chi connectivity index (χ0n) is 22.2. The van der Waals surface area contributed by atoms with E-state index in [-0.39, 0.29) is 5.91 Å². The number of carbonyl (C=O) groups is 1. The van der Waals surface area contributed by atoms with Crippen LogP contribution in [-0.2, 0) is 28.1 Å². The molecule has 0 atom stereocenters. The highest BCUT2D eigenvalue weighted by molar-refractivity contribution is 7.99. The van der Waals surface area contributed by atoms with Gasteiger partial charge in [-0.15, -0.1) is 0 Å². The van der Waals surface area contributed by atoms with E-state index in [1.165, 1.54) is 34.1 Å². The van der Waals surface area contributed by atoms with Crippen LogP contribution in [0.25, 0.3) is 0 Å². The molecule has 1 aromatic carbocycles. The normalized spacial score (nSPS) is 12.3. The first kappa shape index (κ1) is 29.2. The van der Waals surface area contributed by atoms with Gasteiger partial charge in [-0.25, -0.2) is 8.96 Å². The molecule has 202 valence electrons. The van der Waals surface area contributed by atoms with Crippen molar-refractivity contribution in [2.24, 2.45) is 0 Å². The van der Waals surface area contributed by atoms with Crippen molar-refractivity contribution in [3.8, 4) is 0 Å². The Morgan fingerprint density at radius 1 is 1.14 bits per heavy atom. The predicted octanol–water partition coefficient (Wildman–Crippen LogP) is 4.17. The molecule has 0 aliphatic rings. The van der Waals surface area contributed by atoms with Gasteiger partial charge in [-0.05, 0) is 43.2 Å². The maximum Gasteiger partial charge on any atom is 0.309 e. The lowest BCUT2D eigenvalue weighted by Gasteiger charge is -2.17. The molecule has 2 heterocycles. The molecule has 0 aliphatic heterocycles. The summed E-state index contributed by atoms with van der Waals surface area (Å²) >= 11 is 1.30. The average molecular weight is 564 g/mol. The summed E-state index contributed by atoms with van der Waals surface area (Å²) in [5, 5.41) is 3.32. The SMILES string of the molecule is CN(C)S(=O)(=O)n1c(CCCNC(=O)c2cccn2COCC[Si](C)(C)C)cnc1Sc1ccccc1. The molecule has 9 nitrogen and oxygen atoms in total. The number of amides is 1. The van der Waals surface area contributed by atoms with Crippen LogP contribution in [0.1, 0.15) is 22.6 Å². The van der Waals surface area contributed by atoms with Crippen molar-refractivity contribution in [3.05, 3.63) is 66.2 Å². The highest BCUT2D eigenvalue weighted by Crippen LogP contribution is 2.29. The maximum absolute atomic E-state index is 13.1. The van der Waals surface area contributed by atoms with Crippen molar-refractivity contribution in [2.45, 2.75) is 55.3 Å². The number of hydrogen-bond acceptors (Lipinski definition) is 6. The Labute approximate surface area is 225 Å². The lowest BCUT2D eigenvalue weighted by molar-refractivity contribution is 0.0791. The standard InChI is InChI=1S/C25H37N5O4S2Si/c1-28(2)36(32,33)30-21(19-27-25(30)35-22-12-7-6-8-13-22)11-9-15-26-24(31)23-14-10-16-29(23)20-34-17-18-37(3,4)5/h6-8,10,12-14,16,19H,9,11,15,17-18,20H2,1-5H3,(H,26,31). The van der Waals surface area contributed by atoms with Crippen molar-refractivity contribution in [1.82, 2.24) is 23.1 Å². The van der Waals surface area contributed by atoms with Gasteiger partial charge in [0.05, 0.1) is 11.9 Å². The summed E-state index contributed by atoms with van der Waals surface area (Å²) < 4.78 is 36.2. The molecule has 0 spiro atoms. The van der Waals surface area contributed by atoms with E-state index in [4.69, 9.17) is 4.74 Å². The van der Waals surface area contributed by atoms with Crippen molar-refractivity contribution < 1.29 is 17.9 Å². The van der Waals surface area contributed by atoms with Crippen molar-refractivity contribution in [2.75, 3.05) is 27.2 Å². The molecule has 0 fully saturated rings. The summed E-state index contributed by atoms with van der Waals surface area (Å²) in [4.78, 5) is 18.0. The zero-order chi connectivity index (χ0) is 27.1. The summed E-state index contributed by atoms with van der Waals surface area (Å²) in [6, 6.07) is 14.2. The van der Waals surface area contributed by atoms with Crippen molar-refractivity contribution in [3.63, 3.8) is 0 Å². The summed E-state index contributed by atoms with van der Waals surface area (Å²) in [5.74, 6) is -0.187. The number of rotatable bonds is 14. The number of imidazole rings is 1. The van der Waals surface area contributed by atoms with Gasteiger partial charge < -0.3 is 14.6 Å². The van der Waals surface area contributed by atoms with Gasteiger partial charge in [0.2, 0.25) is 0 Å². The summed E-state index contributed by atoms with van der Waals surface area (Å²) in [7, 11) is -1.93. The molecule has 1 N–H and O–H groups in total. The summed E-state index contributed by atoms with van der Waals surface area (Å²) in [5.41, 5.74) is 1.11. The first-order valence-electron chi connectivity index (χ1n) is 12.2. The van der Waals surface area contributed by atoms with Gasteiger partial charge in [-0.1, -0.05) is 49.6 Å². The molecular weight excluding hydrogens is 527 g/mol. The number of aryl methyl sites for hydroxylation is 1. The first-order valence-corrected chi connectivity index (χ1v) is 18.1. The van der Waals surface area contributed by atoms with E-state index in [2.05, 4.69) is 29.9 Å². The van der Waals surface area contributed by atoms with Crippen LogP contribution >= 0.6 is 11.8 Å². The lowest BCUT2D eigenvalue weighted by Crippen LogP contribution is -2.31. The van der Waals surface area contributed by atoms with Gasteiger partial charge >= 0.3 is 10.2 Å². The third-order valence-corrected chi connectivity index (χ3v) is 10.2. The van der Waals surface area contributed by atoms with E-state index >= 15 is 0 Å². The third-order valence-electron chi connectivity index (χ3n) is 5.59.